The summed E-state index contributed by atoms with van der Waals surface area (Å²) in [4.78, 5) is 0. The Kier molecular flexibility index (Phi) is 4.33. The van der Waals surface area contributed by atoms with Gasteiger partial charge in [-0.1, -0.05) is 6.07 Å². The van der Waals surface area contributed by atoms with Crippen molar-refractivity contribution in [3.63, 3.8) is 0 Å². The minimum Gasteiger partial charge on any atom is -0.376 e. The lowest BCUT2D eigenvalue weighted by atomic mass is 9.79. The third-order valence-electron chi connectivity index (χ3n) is 5.26. The number of nitrogens with one attached hydrogen (secondary N) is 1. The first-order chi connectivity index (χ1) is 12.0. The molecule has 1 aliphatic heterocycles. The number of halogens is 1. The highest BCUT2D eigenvalue weighted by atomic mass is 19.1. The number of ether oxygens (including phenoxy) is 1. The van der Waals surface area contributed by atoms with Crippen molar-refractivity contribution < 1.29 is 9.13 Å². The second kappa shape index (κ2) is 6.50. The molecule has 0 bridgehead atoms. The minimum absolute atomic E-state index is 0.186. The molecule has 1 aromatic carbocycles. The number of hydrogen-bond donors (Lipinski definition) is 1. The van der Waals surface area contributed by atoms with Crippen LogP contribution in [0.5, 0.6) is 0 Å². The molecule has 25 heavy (non-hydrogen) atoms. The molecule has 134 valence electrons. The molecule has 0 unspecified atom stereocenters. The maximum absolute atomic E-state index is 15.6. The van der Waals surface area contributed by atoms with Crippen molar-refractivity contribution in [3.05, 3.63) is 41.5 Å². The number of nitrogens with zero attached hydrogens (tertiary/aromatic N) is 3. The van der Waals surface area contributed by atoms with Crippen molar-refractivity contribution >= 4 is 0 Å². The summed E-state index contributed by atoms with van der Waals surface area (Å²) in [5, 5.41) is 11.5. The van der Waals surface area contributed by atoms with E-state index >= 15 is 4.39 Å². The molecule has 0 saturated heterocycles. The lowest BCUT2D eigenvalue weighted by Gasteiger charge is -2.35. The molecule has 5 nitrogen and oxygen atoms in total. The van der Waals surface area contributed by atoms with Crippen LogP contribution in [0.25, 0.3) is 5.69 Å². The molecule has 0 spiro atoms. The van der Waals surface area contributed by atoms with Crippen molar-refractivity contribution in [2.45, 2.75) is 70.5 Å². The summed E-state index contributed by atoms with van der Waals surface area (Å²) in [5.41, 5.74) is 1.66. The van der Waals surface area contributed by atoms with Gasteiger partial charge in [0, 0.05) is 6.54 Å². The number of aromatic nitrogens is 3. The largest absolute Gasteiger partial charge is 0.376 e. The zero-order valence-electron chi connectivity index (χ0n) is 14.8. The molecule has 2 heterocycles. The maximum Gasteiger partial charge on any atom is 0.151 e. The zero-order valence-corrected chi connectivity index (χ0v) is 14.8. The summed E-state index contributed by atoms with van der Waals surface area (Å²) in [6.45, 7) is 5.45. The topological polar surface area (TPSA) is 52.0 Å². The molecular weight excluding hydrogens is 319 g/mol. The van der Waals surface area contributed by atoms with E-state index in [4.69, 9.17) is 4.74 Å². The van der Waals surface area contributed by atoms with Crippen LogP contribution in [-0.4, -0.2) is 27.0 Å². The molecule has 1 N–H and O–H groups in total. The number of hydrogen-bond acceptors (Lipinski definition) is 4. The second-order valence-electron chi connectivity index (χ2n) is 7.41. The quantitative estimate of drug-likeness (QED) is 0.927. The first kappa shape index (κ1) is 16.7. The van der Waals surface area contributed by atoms with Gasteiger partial charge >= 0.3 is 0 Å². The predicted octanol–water partition coefficient (Wildman–Crippen LogP) is 3.40. The van der Waals surface area contributed by atoms with E-state index in [1.54, 1.807) is 6.33 Å². The molecule has 1 saturated carbocycles. The number of alkyl halides is 1. The van der Waals surface area contributed by atoms with Gasteiger partial charge in [-0.05, 0) is 62.8 Å². The molecule has 2 aromatic rings. The third-order valence-corrected chi connectivity index (χ3v) is 5.26. The average molecular weight is 344 g/mol. The predicted molar refractivity (Wildman–Crippen MR) is 93.2 cm³/mol. The summed E-state index contributed by atoms with van der Waals surface area (Å²) < 4.78 is 23.5. The van der Waals surface area contributed by atoms with Crippen LogP contribution in [0.15, 0.2) is 24.5 Å². The molecule has 4 rings (SSSR count). The van der Waals surface area contributed by atoms with E-state index in [0.717, 1.165) is 35.5 Å². The van der Waals surface area contributed by atoms with Crippen LogP contribution in [-0.2, 0) is 23.5 Å². The zero-order chi connectivity index (χ0) is 17.4. The molecule has 6 heteroatoms. The summed E-state index contributed by atoms with van der Waals surface area (Å²) in [5.74, 6) is 0.882. The summed E-state index contributed by atoms with van der Waals surface area (Å²) in [6.07, 6.45) is 4.71. The van der Waals surface area contributed by atoms with Gasteiger partial charge in [0.05, 0.1) is 24.4 Å². The van der Waals surface area contributed by atoms with Crippen LogP contribution < -0.4 is 5.32 Å². The summed E-state index contributed by atoms with van der Waals surface area (Å²) in [6, 6.07) is 5.95. The van der Waals surface area contributed by atoms with Gasteiger partial charge in [0.2, 0.25) is 0 Å². The highest BCUT2D eigenvalue weighted by Crippen LogP contribution is 2.42. The van der Waals surface area contributed by atoms with Gasteiger partial charge < -0.3 is 10.1 Å². The van der Waals surface area contributed by atoms with E-state index in [1.165, 1.54) is 0 Å². The Labute approximate surface area is 147 Å². The van der Waals surface area contributed by atoms with Crippen molar-refractivity contribution in [2.75, 3.05) is 0 Å². The third kappa shape index (κ3) is 3.20. The highest BCUT2D eigenvalue weighted by Gasteiger charge is 2.38. The maximum atomic E-state index is 15.6. The second-order valence-corrected chi connectivity index (χ2v) is 7.41. The monoisotopic (exact) mass is 344 g/mol. The van der Waals surface area contributed by atoms with Crippen molar-refractivity contribution in [3.8, 4) is 5.69 Å². The van der Waals surface area contributed by atoms with Gasteiger partial charge in [-0.15, -0.1) is 10.2 Å². The Morgan fingerprint density at radius 2 is 2.08 bits per heavy atom. The smallest absolute Gasteiger partial charge is 0.151 e. The Morgan fingerprint density at radius 1 is 1.28 bits per heavy atom. The molecular formula is C19H25FN4O. The Balaban J connectivity index is 1.58. The molecule has 1 fully saturated rings. The van der Waals surface area contributed by atoms with E-state index in [0.29, 0.717) is 25.9 Å². The lowest BCUT2D eigenvalue weighted by Crippen LogP contribution is -2.32. The normalized spacial score (nSPS) is 26.2. The fraction of sp³-hybridized carbons (Fsp3) is 0.579. The van der Waals surface area contributed by atoms with Gasteiger partial charge in [-0.2, -0.15) is 0 Å². The Bertz CT molecular complexity index is 750. The summed E-state index contributed by atoms with van der Waals surface area (Å²) >= 11 is 0. The van der Waals surface area contributed by atoms with Crippen LogP contribution in [0.1, 0.15) is 56.5 Å². The average Bonchev–Trinajstić information content (AvgIpc) is 2.98. The molecule has 0 radical (unpaired) electrons. The summed E-state index contributed by atoms with van der Waals surface area (Å²) in [7, 11) is 0. The van der Waals surface area contributed by atoms with Crippen molar-refractivity contribution in [2.24, 2.45) is 0 Å². The van der Waals surface area contributed by atoms with Crippen LogP contribution in [0, 0.1) is 0 Å². The molecule has 1 aliphatic carbocycles. The highest BCUT2D eigenvalue weighted by molar-refractivity contribution is 5.46. The van der Waals surface area contributed by atoms with E-state index in [1.807, 2.05) is 36.6 Å². The standard InChI is InChI=1S/C19H25FN4O/c1-13(2)25-16-5-7-19(20,8-6-16)15-3-4-17-14(9-15)10-21-11-18-23-22-12-24(17)18/h3-4,9,12-13,16,21H,5-8,10-11H2,1-2H3. The van der Waals surface area contributed by atoms with Crippen LogP contribution in [0.4, 0.5) is 4.39 Å². The van der Waals surface area contributed by atoms with Gasteiger partial charge in [-0.3, -0.25) is 4.57 Å². The fourth-order valence-electron chi connectivity index (χ4n) is 3.99. The van der Waals surface area contributed by atoms with Crippen LogP contribution in [0.2, 0.25) is 0 Å². The van der Waals surface area contributed by atoms with Crippen molar-refractivity contribution in [1.82, 2.24) is 20.1 Å². The van der Waals surface area contributed by atoms with Gasteiger partial charge in [-0.25, -0.2) is 4.39 Å². The number of fused-ring (bicyclic) bond motifs is 3. The fourth-order valence-corrected chi connectivity index (χ4v) is 3.99. The van der Waals surface area contributed by atoms with E-state index in [2.05, 4.69) is 15.5 Å². The van der Waals surface area contributed by atoms with Crippen molar-refractivity contribution in [1.29, 1.82) is 0 Å². The van der Waals surface area contributed by atoms with Gasteiger partial charge in [0.25, 0.3) is 0 Å². The SMILES string of the molecule is CC(C)OC1CCC(F)(c2ccc3c(c2)CNCc2nncn2-3)CC1. The lowest BCUT2D eigenvalue weighted by molar-refractivity contribution is -0.0450. The van der Waals surface area contributed by atoms with Crippen LogP contribution >= 0.6 is 0 Å². The van der Waals surface area contributed by atoms with E-state index < -0.39 is 5.67 Å². The molecule has 1 aromatic heterocycles. The van der Waals surface area contributed by atoms with Crippen LogP contribution in [0.3, 0.4) is 0 Å². The number of benzene rings is 1. The first-order valence-electron chi connectivity index (χ1n) is 9.13. The first-order valence-corrected chi connectivity index (χ1v) is 9.13. The van der Waals surface area contributed by atoms with Gasteiger partial charge in [0.1, 0.15) is 12.0 Å². The minimum atomic E-state index is -1.26. The Hall–Kier alpha value is -1.79. The Morgan fingerprint density at radius 3 is 2.84 bits per heavy atom. The van der Waals surface area contributed by atoms with Gasteiger partial charge in [0.15, 0.2) is 5.82 Å². The van der Waals surface area contributed by atoms with E-state index in [-0.39, 0.29) is 12.2 Å². The number of rotatable bonds is 3. The molecule has 0 atom stereocenters. The molecule has 2 aliphatic rings. The molecule has 0 amide bonds. The van der Waals surface area contributed by atoms with E-state index in [9.17, 15) is 0 Å².